The average molecular weight is 309 g/mol. The van der Waals surface area contributed by atoms with Crippen molar-refractivity contribution in [2.45, 2.75) is 0 Å². The molecule has 4 N–H and O–H groups in total. The number of nitrogens with one attached hydrogen (secondary N) is 2. The fourth-order valence-corrected chi connectivity index (χ4v) is 1.79. The van der Waals surface area contributed by atoms with Crippen LogP contribution in [0.3, 0.4) is 0 Å². The van der Waals surface area contributed by atoms with Crippen molar-refractivity contribution in [3.63, 3.8) is 0 Å². The zero-order valence-electron chi connectivity index (χ0n) is 9.11. The zero-order chi connectivity index (χ0) is 13.1. The molecule has 1 amide bonds. The third kappa shape index (κ3) is 2.75. The Kier molecular flexibility index (Phi) is 3.42. The van der Waals surface area contributed by atoms with Gasteiger partial charge in [0, 0.05) is 16.2 Å². The van der Waals surface area contributed by atoms with E-state index in [2.05, 4.69) is 31.4 Å². The molecular formula is C11H9BrN4O2. The van der Waals surface area contributed by atoms with Crippen molar-refractivity contribution in [2.75, 3.05) is 11.1 Å². The summed E-state index contributed by atoms with van der Waals surface area (Å²) >= 11 is 3.29. The Hall–Kier alpha value is -2.15. The van der Waals surface area contributed by atoms with Crippen LogP contribution in [0.25, 0.3) is 0 Å². The van der Waals surface area contributed by atoms with E-state index in [4.69, 9.17) is 5.73 Å². The number of hydrogen-bond acceptors (Lipinski definition) is 4. The number of carbonyl (C=O) groups excluding carboxylic acids is 1. The minimum absolute atomic E-state index is 0.123. The summed E-state index contributed by atoms with van der Waals surface area (Å²) in [5.74, 6) is -0.420. The van der Waals surface area contributed by atoms with Gasteiger partial charge in [-0.2, -0.15) is 5.10 Å². The Balaban J connectivity index is 2.21. The standard InChI is InChI=1S/C11H9BrN4O2/c12-7-5-6(13)1-2-8(7)14-11(18)9-3-4-10(17)16-15-9/h1-5H,13H2,(H,14,18)(H,16,17). The van der Waals surface area contributed by atoms with Crippen LogP contribution in [0, 0.1) is 0 Å². The lowest BCUT2D eigenvalue weighted by molar-refractivity contribution is 0.102. The number of benzene rings is 1. The van der Waals surface area contributed by atoms with E-state index in [9.17, 15) is 9.59 Å². The molecule has 0 saturated heterocycles. The molecule has 6 nitrogen and oxygen atoms in total. The lowest BCUT2D eigenvalue weighted by atomic mass is 10.2. The van der Waals surface area contributed by atoms with Gasteiger partial charge >= 0.3 is 0 Å². The Morgan fingerprint density at radius 1 is 1.33 bits per heavy atom. The summed E-state index contributed by atoms with van der Waals surface area (Å²) in [6.45, 7) is 0. The first-order valence-electron chi connectivity index (χ1n) is 4.98. The second-order valence-electron chi connectivity index (χ2n) is 3.50. The number of hydrogen-bond donors (Lipinski definition) is 3. The Labute approximate surface area is 110 Å². The highest BCUT2D eigenvalue weighted by Crippen LogP contribution is 2.24. The van der Waals surface area contributed by atoms with E-state index in [0.29, 0.717) is 15.8 Å². The van der Waals surface area contributed by atoms with Crippen LogP contribution >= 0.6 is 15.9 Å². The third-order valence-electron chi connectivity index (χ3n) is 2.15. The van der Waals surface area contributed by atoms with Crippen molar-refractivity contribution >= 4 is 33.2 Å². The molecule has 0 spiro atoms. The molecule has 0 aliphatic carbocycles. The number of aromatic amines is 1. The lowest BCUT2D eigenvalue weighted by Crippen LogP contribution is -2.17. The Morgan fingerprint density at radius 2 is 2.11 bits per heavy atom. The van der Waals surface area contributed by atoms with Crippen LogP contribution in [0.15, 0.2) is 39.6 Å². The minimum atomic E-state index is -0.420. The van der Waals surface area contributed by atoms with Gasteiger partial charge in [0.05, 0.1) is 5.69 Å². The first kappa shape index (κ1) is 12.3. The molecule has 1 aromatic heterocycles. The summed E-state index contributed by atoms with van der Waals surface area (Å²) in [5, 5.41) is 8.47. The van der Waals surface area contributed by atoms with Crippen LogP contribution in [0.1, 0.15) is 10.5 Å². The highest BCUT2D eigenvalue weighted by atomic mass is 79.9. The van der Waals surface area contributed by atoms with Crippen molar-refractivity contribution in [3.8, 4) is 0 Å². The van der Waals surface area contributed by atoms with E-state index in [1.807, 2.05) is 0 Å². The van der Waals surface area contributed by atoms with Gasteiger partial charge in [-0.3, -0.25) is 9.59 Å². The Morgan fingerprint density at radius 3 is 2.72 bits per heavy atom. The molecule has 2 rings (SSSR count). The van der Waals surface area contributed by atoms with E-state index < -0.39 is 5.91 Å². The van der Waals surface area contributed by atoms with Crippen LogP contribution in [0.5, 0.6) is 0 Å². The number of anilines is 2. The maximum atomic E-state index is 11.8. The molecule has 0 aliphatic heterocycles. The van der Waals surface area contributed by atoms with Gasteiger partial charge in [-0.05, 0) is 40.2 Å². The Bertz CT molecular complexity index is 633. The topological polar surface area (TPSA) is 101 Å². The molecule has 0 bridgehead atoms. The summed E-state index contributed by atoms with van der Waals surface area (Å²) < 4.78 is 0.667. The normalized spacial score (nSPS) is 10.1. The van der Waals surface area contributed by atoms with Gasteiger partial charge in [-0.1, -0.05) is 0 Å². The molecule has 1 aromatic carbocycles. The molecule has 0 radical (unpaired) electrons. The van der Waals surface area contributed by atoms with Gasteiger partial charge < -0.3 is 11.1 Å². The van der Waals surface area contributed by atoms with Crippen molar-refractivity contribution in [3.05, 3.63) is 50.9 Å². The molecule has 7 heteroatoms. The molecule has 18 heavy (non-hydrogen) atoms. The maximum absolute atomic E-state index is 11.8. The number of aromatic nitrogens is 2. The number of H-pyrrole nitrogens is 1. The first-order chi connectivity index (χ1) is 8.56. The van der Waals surface area contributed by atoms with Gasteiger partial charge in [0.15, 0.2) is 0 Å². The smallest absolute Gasteiger partial charge is 0.276 e. The molecule has 0 fully saturated rings. The molecule has 1 heterocycles. The van der Waals surface area contributed by atoms with Crippen LogP contribution in [-0.4, -0.2) is 16.1 Å². The summed E-state index contributed by atoms with van der Waals surface area (Å²) in [6.07, 6.45) is 0. The third-order valence-corrected chi connectivity index (χ3v) is 2.81. The first-order valence-corrected chi connectivity index (χ1v) is 5.77. The number of nitrogen functional groups attached to an aromatic ring is 1. The second kappa shape index (κ2) is 5.01. The highest BCUT2D eigenvalue weighted by molar-refractivity contribution is 9.10. The van der Waals surface area contributed by atoms with E-state index in [1.165, 1.54) is 12.1 Å². The molecule has 0 aliphatic rings. The van der Waals surface area contributed by atoms with E-state index >= 15 is 0 Å². The van der Waals surface area contributed by atoms with Gasteiger partial charge in [-0.25, -0.2) is 5.10 Å². The molecule has 0 unspecified atom stereocenters. The second-order valence-corrected chi connectivity index (χ2v) is 4.35. The summed E-state index contributed by atoms with van der Waals surface area (Å²) in [4.78, 5) is 22.6. The lowest BCUT2D eigenvalue weighted by Gasteiger charge is -2.07. The van der Waals surface area contributed by atoms with Crippen molar-refractivity contribution in [1.29, 1.82) is 0 Å². The van der Waals surface area contributed by atoms with E-state index in [-0.39, 0.29) is 11.3 Å². The van der Waals surface area contributed by atoms with Gasteiger partial charge in [-0.15, -0.1) is 0 Å². The number of nitrogens with zero attached hydrogens (tertiary/aromatic N) is 1. The van der Waals surface area contributed by atoms with Crippen molar-refractivity contribution in [2.24, 2.45) is 0 Å². The number of rotatable bonds is 2. The fraction of sp³-hybridized carbons (Fsp3) is 0. The quantitative estimate of drug-likeness (QED) is 0.729. The van der Waals surface area contributed by atoms with Crippen LogP contribution in [-0.2, 0) is 0 Å². The number of nitrogens with two attached hydrogens (primary N) is 1. The van der Waals surface area contributed by atoms with E-state index in [1.54, 1.807) is 18.2 Å². The molecule has 0 atom stereocenters. The molecule has 0 saturated carbocycles. The van der Waals surface area contributed by atoms with Crippen LogP contribution < -0.4 is 16.6 Å². The van der Waals surface area contributed by atoms with Gasteiger partial charge in [0.2, 0.25) is 0 Å². The predicted octanol–water partition coefficient (Wildman–Crippen LogP) is 1.37. The largest absolute Gasteiger partial charge is 0.399 e. The molecular weight excluding hydrogens is 300 g/mol. The number of carbonyl (C=O) groups is 1. The average Bonchev–Trinajstić information content (AvgIpc) is 2.33. The number of amides is 1. The van der Waals surface area contributed by atoms with E-state index in [0.717, 1.165) is 0 Å². The van der Waals surface area contributed by atoms with Crippen LogP contribution in [0.2, 0.25) is 0 Å². The highest BCUT2D eigenvalue weighted by Gasteiger charge is 2.09. The predicted molar refractivity (Wildman–Crippen MR) is 71.4 cm³/mol. The summed E-state index contributed by atoms with van der Waals surface area (Å²) in [5.41, 5.74) is 6.51. The van der Waals surface area contributed by atoms with Crippen LogP contribution in [0.4, 0.5) is 11.4 Å². The summed E-state index contributed by atoms with van der Waals surface area (Å²) in [6, 6.07) is 7.60. The molecule has 92 valence electrons. The molecule has 2 aromatic rings. The zero-order valence-corrected chi connectivity index (χ0v) is 10.7. The SMILES string of the molecule is Nc1ccc(NC(=O)c2ccc(=O)[nH]n2)c(Br)c1. The van der Waals surface area contributed by atoms with Gasteiger partial charge in [0.1, 0.15) is 5.69 Å². The maximum Gasteiger partial charge on any atom is 0.276 e. The summed E-state index contributed by atoms with van der Waals surface area (Å²) in [7, 11) is 0. The van der Waals surface area contributed by atoms with Crippen molar-refractivity contribution in [1.82, 2.24) is 10.2 Å². The number of halogens is 1. The minimum Gasteiger partial charge on any atom is -0.399 e. The monoisotopic (exact) mass is 308 g/mol. The van der Waals surface area contributed by atoms with Gasteiger partial charge in [0.25, 0.3) is 11.5 Å². The fourth-order valence-electron chi connectivity index (χ4n) is 1.29. The van der Waals surface area contributed by atoms with Crippen molar-refractivity contribution < 1.29 is 4.79 Å².